The smallest absolute Gasteiger partial charge is 0.325 e. The molecular weight excluding hydrogens is 226 g/mol. The van der Waals surface area contributed by atoms with Gasteiger partial charge in [0.25, 0.3) is 0 Å². The van der Waals surface area contributed by atoms with Gasteiger partial charge in [-0.15, -0.1) is 0 Å². The lowest BCUT2D eigenvalue weighted by atomic mass is 9.96. The average molecular weight is 247 g/mol. The first-order valence-corrected chi connectivity index (χ1v) is 6.83. The SMILES string of the molecule is CNC(CSCC(C)CO)(C(=O)O)C1CC1. The van der Waals surface area contributed by atoms with Crippen LogP contribution in [0.5, 0.6) is 0 Å². The Morgan fingerprint density at radius 2 is 2.25 bits per heavy atom. The van der Waals surface area contributed by atoms with E-state index < -0.39 is 11.5 Å². The Balaban J connectivity index is 2.47. The number of carboxylic acids is 1. The van der Waals surface area contributed by atoms with Gasteiger partial charge in [-0.25, -0.2) is 0 Å². The Hall–Kier alpha value is -0.260. The number of thioether (sulfide) groups is 1. The summed E-state index contributed by atoms with van der Waals surface area (Å²) in [6, 6.07) is 0. The molecule has 0 heterocycles. The van der Waals surface area contributed by atoms with Gasteiger partial charge >= 0.3 is 5.97 Å². The highest BCUT2D eigenvalue weighted by Gasteiger charge is 2.50. The van der Waals surface area contributed by atoms with Gasteiger partial charge in [-0.3, -0.25) is 4.79 Å². The van der Waals surface area contributed by atoms with Gasteiger partial charge in [0.15, 0.2) is 0 Å². The Morgan fingerprint density at radius 3 is 2.62 bits per heavy atom. The molecule has 5 heteroatoms. The standard InChI is InChI=1S/C11H21NO3S/c1-8(5-13)6-16-7-11(12-2,10(14)15)9-3-4-9/h8-9,12-13H,3-7H2,1-2H3,(H,14,15). The largest absolute Gasteiger partial charge is 0.480 e. The predicted octanol–water partition coefficient (Wildman–Crippen LogP) is 0.801. The molecule has 0 aliphatic heterocycles. The Kier molecular flexibility index (Phi) is 5.08. The summed E-state index contributed by atoms with van der Waals surface area (Å²) >= 11 is 1.61. The van der Waals surface area contributed by atoms with Crippen molar-refractivity contribution in [1.82, 2.24) is 5.32 Å². The van der Waals surface area contributed by atoms with Gasteiger partial charge in [0, 0.05) is 12.4 Å². The van der Waals surface area contributed by atoms with E-state index >= 15 is 0 Å². The molecule has 0 amide bonds. The molecule has 0 aromatic rings. The number of carbonyl (C=O) groups is 1. The zero-order chi connectivity index (χ0) is 12.2. The lowest BCUT2D eigenvalue weighted by Gasteiger charge is -2.29. The molecule has 0 saturated heterocycles. The number of rotatable bonds is 8. The summed E-state index contributed by atoms with van der Waals surface area (Å²) in [5.41, 5.74) is -0.764. The van der Waals surface area contributed by atoms with E-state index in [0.29, 0.717) is 5.75 Å². The lowest BCUT2D eigenvalue weighted by Crippen LogP contribution is -2.54. The molecular formula is C11H21NO3S. The highest BCUT2D eigenvalue weighted by molar-refractivity contribution is 7.99. The van der Waals surface area contributed by atoms with Crippen molar-refractivity contribution >= 4 is 17.7 Å². The number of aliphatic carboxylic acids is 1. The Bertz CT molecular complexity index is 245. The Morgan fingerprint density at radius 1 is 1.62 bits per heavy atom. The predicted molar refractivity (Wildman–Crippen MR) is 65.7 cm³/mol. The summed E-state index contributed by atoms with van der Waals surface area (Å²) in [7, 11) is 1.72. The summed E-state index contributed by atoms with van der Waals surface area (Å²) < 4.78 is 0. The third-order valence-electron chi connectivity index (χ3n) is 3.15. The molecule has 2 unspecified atom stereocenters. The van der Waals surface area contributed by atoms with Crippen LogP contribution in [0, 0.1) is 11.8 Å². The number of aliphatic hydroxyl groups excluding tert-OH is 1. The third-order valence-corrected chi connectivity index (χ3v) is 4.61. The summed E-state index contributed by atoms with van der Waals surface area (Å²) in [6.07, 6.45) is 2.01. The fourth-order valence-corrected chi connectivity index (χ4v) is 3.24. The van der Waals surface area contributed by atoms with E-state index in [1.165, 1.54) is 0 Å². The number of aliphatic hydroxyl groups is 1. The molecule has 1 rings (SSSR count). The van der Waals surface area contributed by atoms with Crippen molar-refractivity contribution in [3.8, 4) is 0 Å². The first-order chi connectivity index (χ1) is 7.56. The van der Waals surface area contributed by atoms with E-state index in [1.54, 1.807) is 18.8 Å². The van der Waals surface area contributed by atoms with E-state index in [2.05, 4.69) is 5.32 Å². The molecule has 0 aromatic heterocycles. The van der Waals surface area contributed by atoms with E-state index in [1.807, 2.05) is 6.92 Å². The van der Waals surface area contributed by atoms with Crippen LogP contribution in [0.1, 0.15) is 19.8 Å². The van der Waals surface area contributed by atoms with Crippen molar-refractivity contribution < 1.29 is 15.0 Å². The summed E-state index contributed by atoms with van der Waals surface area (Å²) in [5, 5.41) is 21.2. The number of nitrogens with one attached hydrogen (secondary N) is 1. The van der Waals surface area contributed by atoms with Gasteiger partial charge in [-0.2, -0.15) is 11.8 Å². The van der Waals surface area contributed by atoms with Crippen molar-refractivity contribution in [2.24, 2.45) is 11.8 Å². The van der Waals surface area contributed by atoms with Crippen molar-refractivity contribution in [3.05, 3.63) is 0 Å². The van der Waals surface area contributed by atoms with Crippen LogP contribution >= 0.6 is 11.8 Å². The maximum Gasteiger partial charge on any atom is 0.325 e. The molecule has 0 radical (unpaired) electrons. The van der Waals surface area contributed by atoms with Crippen LogP contribution in [0.25, 0.3) is 0 Å². The van der Waals surface area contributed by atoms with Crippen LogP contribution in [0.4, 0.5) is 0 Å². The monoisotopic (exact) mass is 247 g/mol. The fourth-order valence-electron chi connectivity index (χ4n) is 1.79. The van der Waals surface area contributed by atoms with Crippen molar-refractivity contribution in [2.75, 3.05) is 25.2 Å². The van der Waals surface area contributed by atoms with Gasteiger partial charge in [-0.05, 0) is 37.5 Å². The zero-order valence-corrected chi connectivity index (χ0v) is 10.7. The van der Waals surface area contributed by atoms with Gasteiger partial charge < -0.3 is 15.5 Å². The van der Waals surface area contributed by atoms with Gasteiger partial charge in [0.2, 0.25) is 0 Å². The van der Waals surface area contributed by atoms with Crippen LogP contribution in [0.15, 0.2) is 0 Å². The number of likely N-dealkylation sites (N-methyl/N-ethyl adjacent to an activating group) is 1. The second kappa shape index (κ2) is 5.89. The minimum absolute atomic E-state index is 0.163. The molecule has 1 aliphatic rings. The zero-order valence-electron chi connectivity index (χ0n) is 9.90. The average Bonchev–Trinajstić information content (AvgIpc) is 3.08. The second-order valence-corrected chi connectivity index (χ2v) is 5.63. The third kappa shape index (κ3) is 3.12. The second-order valence-electron chi connectivity index (χ2n) is 4.60. The molecule has 2 atom stereocenters. The van der Waals surface area contributed by atoms with Crippen LogP contribution in [0.3, 0.4) is 0 Å². The van der Waals surface area contributed by atoms with E-state index in [-0.39, 0.29) is 18.4 Å². The quantitative estimate of drug-likeness (QED) is 0.592. The van der Waals surface area contributed by atoms with Gasteiger partial charge in [-0.1, -0.05) is 6.92 Å². The van der Waals surface area contributed by atoms with Crippen LogP contribution < -0.4 is 5.32 Å². The number of hydrogen-bond donors (Lipinski definition) is 3. The fraction of sp³-hybridized carbons (Fsp3) is 0.909. The molecule has 0 bridgehead atoms. The van der Waals surface area contributed by atoms with Gasteiger partial charge in [0.1, 0.15) is 5.54 Å². The lowest BCUT2D eigenvalue weighted by molar-refractivity contribution is -0.144. The minimum atomic E-state index is -0.764. The molecule has 0 spiro atoms. The molecule has 3 N–H and O–H groups in total. The normalized spacial score (nSPS) is 21.4. The molecule has 1 saturated carbocycles. The first kappa shape index (κ1) is 13.8. The van der Waals surface area contributed by atoms with Crippen molar-refractivity contribution in [2.45, 2.75) is 25.3 Å². The summed E-state index contributed by atoms with van der Waals surface area (Å²) in [5.74, 6) is 1.13. The van der Waals surface area contributed by atoms with Gasteiger partial charge in [0.05, 0.1) is 0 Å². The highest BCUT2D eigenvalue weighted by Crippen LogP contribution is 2.41. The van der Waals surface area contributed by atoms with Crippen molar-refractivity contribution in [1.29, 1.82) is 0 Å². The molecule has 94 valence electrons. The maximum atomic E-state index is 11.4. The van der Waals surface area contributed by atoms with Crippen LogP contribution in [-0.4, -0.2) is 46.9 Å². The summed E-state index contributed by atoms with van der Waals surface area (Å²) in [4.78, 5) is 11.4. The molecule has 16 heavy (non-hydrogen) atoms. The van der Waals surface area contributed by atoms with Crippen LogP contribution in [-0.2, 0) is 4.79 Å². The molecule has 0 aromatic carbocycles. The first-order valence-electron chi connectivity index (χ1n) is 5.67. The molecule has 4 nitrogen and oxygen atoms in total. The number of carboxylic acid groups (broad SMARTS) is 1. The van der Waals surface area contributed by atoms with E-state index in [9.17, 15) is 9.90 Å². The molecule has 1 fully saturated rings. The minimum Gasteiger partial charge on any atom is -0.480 e. The molecule has 1 aliphatic carbocycles. The topological polar surface area (TPSA) is 69.6 Å². The van der Waals surface area contributed by atoms with Crippen molar-refractivity contribution in [3.63, 3.8) is 0 Å². The maximum absolute atomic E-state index is 11.4. The highest BCUT2D eigenvalue weighted by atomic mass is 32.2. The van der Waals surface area contributed by atoms with E-state index in [0.717, 1.165) is 18.6 Å². The van der Waals surface area contributed by atoms with E-state index in [4.69, 9.17) is 5.11 Å². The Labute approximate surface area is 101 Å². The number of hydrogen-bond acceptors (Lipinski definition) is 4. The van der Waals surface area contributed by atoms with Crippen LogP contribution in [0.2, 0.25) is 0 Å². The summed E-state index contributed by atoms with van der Waals surface area (Å²) in [6.45, 7) is 2.13.